The minimum Gasteiger partial charge on any atom is -0.382 e. The monoisotopic (exact) mass is 286 g/mol. The Balaban J connectivity index is 4.38. The highest BCUT2D eigenvalue weighted by molar-refractivity contribution is 6.79. The van der Waals surface area contributed by atoms with Gasteiger partial charge in [0.2, 0.25) is 0 Å². The third-order valence-electron chi connectivity index (χ3n) is 4.38. The lowest BCUT2D eigenvalue weighted by molar-refractivity contribution is 0.148. The third-order valence-corrected chi connectivity index (χ3v) is 10.0. The van der Waals surface area contributed by atoms with Gasteiger partial charge in [0.05, 0.1) is 8.07 Å². The fraction of sp³-hybridized carbons (Fsp3) is 1.00. The molecule has 0 atom stereocenters. The molecule has 0 aliphatic rings. The fourth-order valence-electron chi connectivity index (χ4n) is 3.10. The Kier molecular flexibility index (Phi) is 13.3. The van der Waals surface area contributed by atoms with Crippen LogP contribution in [0.4, 0.5) is 0 Å². The van der Waals surface area contributed by atoms with Crippen LogP contribution in [0.2, 0.25) is 24.2 Å². The van der Waals surface area contributed by atoms with Crippen LogP contribution in [0.15, 0.2) is 0 Å². The first-order valence-corrected chi connectivity index (χ1v) is 11.6. The Morgan fingerprint density at radius 3 is 1.42 bits per heavy atom. The summed E-state index contributed by atoms with van der Waals surface area (Å²) in [6.07, 6.45) is 9.84. The van der Waals surface area contributed by atoms with Crippen molar-refractivity contribution in [2.45, 2.75) is 96.8 Å². The van der Waals surface area contributed by atoms with Gasteiger partial charge in [0.1, 0.15) is 0 Å². The molecule has 0 aliphatic carbocycles. The van der Waals surface area contributed by atoms with Gasteiger partial charge in [-0.1, -0.05) is 83.5 Å². The average Bonchev–Trinajstić information content (AvgIpc) is 2.44. The molecule has 0 saturated heterocycles. The fourth-order valence-corrected chi connectivity index (χ4v) is 8.80. The first-order valence-electron chi connectivity index (χ1n) is 8.82. The SMILES string of the molecule is CCCC[Si](CCCC)(CCCC)CCCOCC. The van der Waals surface area contributed by atoms with E-state index in [1.165, 1.54) is 51.0 Å². The normalized spacial score (nSPS) is 12.0. The molecule has 0 fully saturated rings. The third kappa shape index (κ3) is 9.67. The zero-order chi connectivity index (χ0) is 14.4. The van der Waals surface area contributed by atoms with Crippen molar-refractivity contribution < 1.29 is 4.74 Å². The molecule has 2 heteroatoms. The molecule has 0 amide bonds. The van der Waals surface area contributed by atoms with E-state index in [2.05, 4.69) is 27.7 Å². The van der Waals surface area contributed by atoms with Gasteiger partial charge in [-0.2, -0.15) is 0 Å². The van der Waals surface area contributed by atoms with Crippen LogP contribution < -0.4 is 0 Å². The summed E-state index contributed by atoms with van der Waals surface area (Å²) < 4.78 is 5.56. The molecule has 0 N–H and O–H groups in total. The molecule has 0 aromatic rings. The lowest BCUT2D eigenvalue weighted by atomic mass is 10.4. The van der Waals surface area contributed by atoms with Crippen molar-refractivity contribution in [3.63, 3.8) is 0 Å². The summed E-state index contributed by atoms with van der Waals surface area (Å²) >= 11 is 0. The van der Waals surface area contributed by atoms with Crippen LogP contribution in [0, 0.1) is 0 Å². The van der Waals surface area contributed by atoms with Crippen molar-refractivity contribution in [2.24, 2.45) is 0 Å². The second-order valence-electron chi connectivity index (χ2n) is 6.11. The van der Waals surface area contributed by atoms with Gasteiger partial charge in [-0.3, -0.25) is 0 Å². The Labute approximate surface area is 123 Å². The molecule has 1 nitrogen and oxygen atoms in total. The van der Waals surface area contributed by atoms with Gasteiger partial charge in [-0.15, -0.1) is 0 Å². The van der Waals surface area contributed by atoms with E-state index in [0.717, 1.165) is 13.2 Å². The molecule has 0 unspecified atom stereocenters. The Bertz CT molecular complexity index is 160. The molecule has 0 aliphatic heterocycles. The van der Waals surface area contributed by atoms with E-state index >= 15 is 0 Å². The smallest absolute Gasteiger partial charge is 0.0536 e. The number of rotatable bonds is 14. The summed E-state index contributed by atoms with van der Waals surface area (Å²) in [5, 5.41) is 0. The topological polar surface area (TPSA) is 9.23 Å². The van der Waals surface area contributed by atoms with Crippen LogP contribution in [0.5, 0.6) is 0 Å². The van der Waals surface area contributed by atoms with E-state index in [9.17, 15) is 0 Å². The highest BCUT2D eigenvalue weighted by Crippen LogP contribution is 2.33. The van der Waals surface area contributed by atoms with Crippen LogP contribution in [0.25, 0.3) is 0 Å². The quantitative estimate of drug-likeness (QED) is 0.270. The molecule has 116 valence electrons. The Morgan fingerprint density at radius 1 is 0.632 bits per heavy atom. The second-order valence-corrected chi connectivity index (χ2v) is 11.1. The number of ether oxygens (including phenoxy) is 1. The van der Waals surface area contributed by atoms with Gasteiger partial charge in [0.15, 0.2) is 0 Å². The zero-order valence-electron chi connectivity index (χ0n) is 14.1. The van der Waals surface area contributed by atoms with Crippen molar-refractivity contribution in [1.82, 2.24) is 0 Å². The van der Waals surface area contributed by atoms with E-state index in [0.29, 0.717) is 0 Å². The van der Waals surface area contributed by atoms with Gasteiger partial charge in [-0.05, 0) is 13.3 Å². The molecular weight excluding hydrogens is 248 g/mol. The first kappa shape index (κ1) is 19.2. The van der Waals surface area contributed by atoms with Gasteiger partial charge >= 0.3 is 0 Å². The summed E-state index contributed by atoms with van der Waals surface area (Å²) in [6.45, 7) is 11.0. The predicted molar refractivity (Wildman–Crippen MR) is 90.8 cm³/mol. The van der Waals surface area contributed by atoms with Crippen molar-refractivity contribution >= 4 is 8.07 Å². The van der Waals surface area contributed by atoms with E-state index in [-0.39, 0.29) is 0 Å². The minimum atomic E-state index is -0.988. The van der Waals surface area contributed by atoms with Crippen LogP contribution in [0.3, 0.4) is 0 Å². The Hall–Kier alpha value is 0.177. The highest BCUT2D eigenvalue weighted by Gasteiger charge is 2.30. The molecule has 19 heavy (non-hydrogen) atoms. The molecular formula is C17H38OSi. The summed E-state index contributed by atoms with van der Waals surface area (Å²) in [5.74, 6) is 0. The van der Waals surface area contributed by atoms with Crippen LogP contribution in [0.1, 0.15) is 72.6 Å². The first-order chi connectivity index (χ1) is 9.24. The minimum absolute atomic E-state index is 0.882. The van der Waals surface area contributed by atoms with E-state index in [1.54, 1.807) is 18.1 Å². The van der Waals surface area contributed by atoms with Gasteiger partial charge < -0.3 is 4.74 Å². The highest BCUT2D eigenvalue weighted by atomic mass is 28.3. The summed E-state index contributed by atoms with van der Waals surface area (Å²) in [5.41, 5.74) is 0. The van der Waals surface area contributed by atoms with Gasteiger partial charge in [0, 0.05) is 13.2 Å². The second kappa shape index (κ2) is 13.2. The molecule has 0 spiro atoms. The maximum absolute atomic E-state index is 5.56. The molecule has 0 bridgehead atoms. The molecule has 0 saturated carbocycles. The standard InChI is InChI=1S/C17H38OSi/c1-5-9-14-19(15-10-6-2,16-11-7-3)17-12-13-18-8-4/h5-17H2,1-4H3. The average molecular weight is 287 g/mol. The lowest BCUT2D eigenvalue weighted by Gasteiger charge is -2.32. The molecule has 0 heterocycles. The summed E-state index contributed by atoms with van der Waals surface area (Å²) in [7, 11) is -0.988. The largest absolute Gasteiger partial charge is 0.382 e. The number of hydrogen-bond donors (Lipinski definition) is 0. The summed E-state index contributed by atoms with van der Waals surface area (Å²) in [6, 6.07) is 6.26. The lowest BCUT2D eigenvalue weighted by Crippen LogP contribution is -2.34. The maximum atomic E-state index is 5.56. The van der Waals surface area contributed by atoms with Crippen molar-refractivity contribution in [3.05, 3.63) is 0 Å². The van der Waals surface area contributed by atoms with Crippen molar-refractivity contribution in [1.29, 1.82) is 0 Å². The van der Waals surface area contributed by atoms with Crippen LogP contribution in [-0.2, 0) is 4.74 Å². The molecule has 0 rings (SSSR count). The van der Waals surface area contributed by atoms with Gasteiger partial charge in [0.25, 0.3) is 0 Å². The van der Waals surface area contributed by atoms with Crippen molar-refractivity contribution in [2.75, 3.05) is 13.2 Å². The number of unbranched alkanes of at least 4 members (excludes halogenated alkanes) is 3. The van der Waals surface area contributed by atoms with E-state index in [1.807, 2.05) is 0 Å². The van der Waals surface area contributed by atoms with E-state index in [4.69, 9.17) is 4.74 Å². The molecule has 0 aromatic heterocycles. The van der Waals surface area contributed by atoms with Crippen LogP contribution in [-0.4, -0.2) is 21.3 Å². The summed E-state index contributed by atoms with van der Waals surface area (Å²) in [4.78, 5) is 0. The maximum Gasteiger partial charge on any atom is 0.0536 e. The molecule has 0 radical (unpaired) electrons. The van der Waals surface area contributed by atoms with Crippen molar-refractivity contribution in [3.8, 4) is 0 Å². The molecule has 0 aromatic carbocycles. The van der Waals surface area contributed by atoms with Gasteiger partial charge in [-0.25, -0.2) is 0 Å². The predicted octanol–water partition coefficient (Wildman–Crippen LogP) is 6.26. The zero-order valence-corrected chi connectivity index (χ0v) is 15.1. The van der Waals surface area contributed by atoms with E-state index < -0.39 is 8.07 Å². The van der Waals surface area contributed by atoms with Crippen LogP contribution >= 0.6 is 0 Å². The number of hydrogen-bond acceptors (Lipinski definition) is 1. The Morgan fingerprint density at radius 2 is 1.05 bits per heavy atom.